The van der Waals surface area contributed by atoms with Gasteiger partial charge in [0.05, 0.1) is 6.10 Å². The van der Waals surface area contributed by atoms with Gasteiger partial charge in [-0.2, -0.15) is 0 Å². The topological polar surface area (TPSA) is 38.7 Å². The molecule has 0 aromatic heterocycles. The first-order chi connectivity index (χ1) is 9.65. The summed E-state index contributed by atoms with van der Waals surface area (Å²) in [6.45, 7) is 9.36. The van der Waals surface area contributed by atoms with Crippen LogP contribution in [0, 0.1) is 6.92 Å². The van der Waals surface area contributed by atoms with Crippen LogP contribution in [0.5, 0.6) is 0 Å². The van der Waals surface area contributed by atoms with Gasteiger partial charge in [-0.25, -0.2) is 0 Å². The number of aliphatic hydroxyl groups excluding tert-OH is 1. The van der Waals surface area contributed by atoms with Crippen molar-refractivity contribution in [2.24, 2.45) is 0 Å². The summed E-state index contributed by atoms with van der Waals surface area (Å²) in [5, 5.41) is 13.1. The van der Waals surface area contributed by atoms with Crippen LogP contribution in [0.3, 0.4) is 0 Å². The van der Waals surface area contributed by atoms with E-state index in [4.69, 9.17) is 0 Å². The van der Waals surface area contributed by atoms with Gasteiger partial charge in [0.15, 0.2) is 0 Å². The molecule has 2 saturated heterocycles. The van der Waals surface area contributed by atoms with Crippen molar-refractivity contribution in [2.45, 2.75) is 32.4 Å². The third kappa shape index (κ3) is 2.63. The SMILES string of the molecule is Cc1cc(N2CCNC[C@@H]2C)ccc1N1CC[C@H](O)C1. The highest BCUT2D eigenvalue weighted by atomic mass is 16.3. The molecule has 2 N–H and O–H groups in total. The molecule has 2 heterocycles. The molecule has 2 fully saturated rings. The Morgan fingerprint density at radius 1 is 1.30 bits per heavy atom. The maximum atomic E-state index is 9.69. The van der Waals surface area contributed by atoms with Crippen molar-refractivity contribution in [1.82, 2.24) is 5.32 Å². The predicted octanol–water partition coefficient (Wildman–Crippen LogP) is 1.36. The van der Waals surface area contributed by atoms with Gasteiger partial charge in [-0.05, 0) is 44.0 Å². The molecule has 1 aromatic rings. The van der Waals surface area contributed by atoms with E-state index in [9.17, 15) is 5.11 Å². The zero-order chi connectivity index (χ0) is 14.1. The van der Waals surface area contributed by atoms with Crippen LogP contribution in [0.15, 0.2) is 18.2 Å². The van der Waals surface area contributed by atoms with Crippen molar-refractivity contribution in [1.29, 1.82) is 0 Å². The summed E-state index contributed by atoms with van der Waals surface area (Å²) in [5.41, 5.74) is 3.90. The maximum Gasteiger partial charge on any atom is 0.0731 e. The number of nitrogens with zero attached hydrogens (tertiary/aromatic N) is 2. The van der Waals surface area contributed by atoms with E-state index in [0.717, 1.165) is 39.1 Å². The van der Waals surface area contributed by atoms with E-state index in [1.54, 1.807) is 0 Å². The summed E-state index contributed by atoms with van der Waals surface area (Å²) < 4.78 is 0. The van der Waals surface area contributed by atoms with Gasteiger partial charge < -0.3 is 20.2 Å². The lowest BCUT2D eigenvalue weighted by atomic mass is 10.1. The number of hydrogen-bond acceptors (Lipinski definition) is 4. The van der Waals surface area contributed by atoms with E-state index in [1.807, 2.05) is 0 Å². The van der Waals surface area contributed by atoms with Gasteiger partial charge in [0.25, 0.3) is 0 Å². The van der Waals surface area contributed by atoms with Gasteiger partial charge in [0.2, 0.25) is 0 Å². The molecule has 0 aliphatic carbocycles. The zero-order valence-corrected chi connectivity index (χ0v) is 12.5. The van der Waals surface area contributed by atoms with Crippen molar-refractivity contribution in [2.75, 3.05) is 42.5 Å². The molecule has 20 heavy (non-hydrogen) atoms. The summed E-state index contributed by atoms with van der Waals surface area (Å²) in [7, 11) is 0. The largest absolute Gasteiger partial charge is 0.391 e. The predicted molar refractivity (Wildman–Crippen MR) is 83.7 cm³/mol. The molecule has 110 valence electrons. The summed E-state index contributed by atoms with van der Waals surface area (Å²) in [4.78, 5) is 4.77. The molecule has 4 heteroatoms. The minimum Gasteiger partial charge on any atom is -0.391 e. The first-order valence-corrected chi connectivity index (χ1v) is 7.66. The molecule has 0 saturated carbocycles. The molecule has 4 nitrogen and oxygen atoms in total. The second kappa shape index (κ2) is 5.62. The summed E-state index contributed by atoms with van der Waals surface area (Å²) in [5.74, 6) is 0. The Labute approximate surface area is 121 Å². The number of anilines is 2. The molecule has 0 spiro atoms. The van der Waals surface area contributed by atoms with E-state index in [2.05, 4.69) is 47.2 Å². The lowest BCUT2D eigenvalue weighted by Gasteiger charge is -2.36. The Kier molecular flexibility index (Phi) is 3.85. The van der Waals surface area contributed by atoms with E-state index >= 15 is 0 Å². The van der Waals surface area contributed by atoms with Crippen LogP contribution in [0.1, 0.15) is 18.9 Å². The first kappa shape index (κ1) is 13.7. The molecule has 0 unspecified atom stereocenters. The van der Waals surface area contributed by atoms with Crippen LogP contribution in [0.25, 0.3) is 0 Å². The standard InChI is InChI=1S/C16H25N3O/c1-12-9-14(19-8-6-17-10-13(19)2)3-4-16(12)18-7-5-15(20)11-18/h3-4,9,13,15,17,20H,5-8,10-11H2,1-2H3/t13-,15-/m0/s1. The van der Waals surface area contributed by atoms with Gasteiger partial charge in [-0.15, -0.1) is 0 Å². The van der Waals surface area contributed by atoms with Crippen molar-refractivity contribution in [3.05, 3.63) is 23.8 Å². The number of benzene rings is 1. The highest BCUT2D eigenvalue weighted by Crippen LogP contribution is 2.29. The monoisotopic (exact) mass is 275 g/mol. The molecule has 0 amide bonds. The molecular formula is C16H25N3O. The third-order valence-corrected chi connectivity index (χ3v) is 4.52. The first-order valence-electron chi connectivity index (χ1n) is 7.66. The molecule has 1 aromatic carbocycles. The molecule has 2 atom stereocenters. The van der Waals surface area contributed by atoms with Crippen LogP contribution in [0.2, 0.25) is 0 Å². The minimum atomic E-state index is -0.165. The smallest absolute Gasteiger partial charge is 0.0731 e. The Morgan fingerprint density at radius 3 is 2.80 bits per heavy atom. The fourth-order valence-electron chi connectivity index (χ4n) is 3.36. The average molecular weight is 275 g/mol. The Balaban J connectivity index is 1.80. The van der Waals surface area contributed by atoms with Crippen LogP contribution < -0.4 is 15.1 Å². The average Bonchev–Trinajstić information content (AvgIpc) is 2.85. The highest BCUT2D eigenvalue weighted by molar-refractivity contribution is 5.62. The summed E-state index contributed by atoms with van der Waals surface area (Å²) in [6.07, 6.45) is 0.720. The molecule has 2 aliphatic rings. The number of aliphatic hydroxyl groups is 1. The van der Waals surface area contributed by atoms with Gasteiger partial charge in [-0.3, -0.25) is 0 Å². The normalized spacial score (nSPS) is 27.1. The van der Waals surface area contributed by atoms with E-state index < -0.39 is 0 Å². The quantitative estimate of drug-likeness (QED) is 0.855. The summed E-state index contributed by atoms with van der Waals surface area (Å²) in [6, 6.07) is 7.29. The summed E-state index contributed by atoms with van der Waals surface area (Å²) >= 11 is 0. The maximum absolute atomic E-state index is 9.69. The number of rotatable bonds is 2. The number of nitrogens with one attached hydrogen (secondary N) is 1. The van der Waals surface area contributed by atoms with Gasteiger partial charge in [0.1, 0.15) is 0 Å². The highest BCUT2D eigenvalue weighted by Gasteiger charge is 2.23. The van der Waals surface area contributed by atoms with Crippen LogP contribution in [-0.2, 0) is 0 Å². The molecule has 0 bridgehead atoms. The number of β-amino-alcohol motifs (C(OH)–C–C–N with tert-alkyl or cyclic N) is 1. The Bertz CT molecular complexity index is 477. The molecular weight excluding hydrogens is 250 g/mol. The van der Waals surface area contributed by atoms with Crippen molar-refractivity contribution in [3.63, 3.8) is 0 Å². The zero-order valence-electron chi connectivity index (χ0n) is 12.5. The van der Waals surface area contributed by atoms with Crippen LogP contribution >= 0.6 is 0 Å². The van der Waals surface area contributed by atoms with Gasteiger partial charge in [-0.1, -0.05) is 0 Å². The fourth-order valence-corrected chi connectivity index (χ4v) is 3.36. The van der Waals surface area contributed by atoms with E-state index in [-0.39, 0.29) is 6.10 Å². The van der Waals surface area contributed by atoms with Crippen molar-refractivity contribution >= 4 is 11.4 Å². The molecule has 3 rings (SSSR count). The van der Waals surface area contributed by atoms with Crippen LogP contribution in [-0.4, -0.2) is 50.0 Å². The number of hydrogen-bond donors (Lipinski definition) is 2. The second-order valence-electron chi connectivity index (χ2n) is 6.11. The van der Waals surface area contributed by atoms with Gasteiger partial charge >= 0.3 is 0 Å². The van der Waals surface area contributed by atoms with Crippen LogP contribution in [0.4, 0.5) is 11.4 Å². The van der Waals surface area contributed by atoms with Gasteiger partial charge in [0, 0.05) is 50.1 Å². The third-order valence-electron chi connectivity index (χ3n) is 4.52. The number of aryl methyl sites for hydroxylation is 1. The molecule has 0 radical (unpaired) electrons. The minimum absolute atomic E-state index is 0.165. The van der Waals surface area contributed by atoms with E-state index in [1.165, 1.54) is 16.9 Å². The van der Waals surface area contributed by atoms with Crippen molar-refractivity contribution in [3.8, 4) is 0 Å². The Hall–Kier alpha value is -1.26. The Morgan fingerprint density at radius 2 is 2.15 bits per heavy atom. The van der Waals surface area contributed by atoms with E-state index in [0.29, 0.717) is 6.04 Å². The van der Waals surface area contributed by atoms with Crippen molar-refractivity contribution < 1.29 is 5.11 Å². The second-order valence-corrected chi connectivity index (χ2v) is 6.11. The fraction of sp³-hybridized carbons (Fsp3) is 0.625. The number of piperazine rings is 1. The lowest BCUT2D eigenvalue weighted by Crippen LogP contribution is -2.49. The molecule has 2 aliphatic heterocycles. The lowest BCUT2D eigenvalue weighted by molar-refractivity contribution is 0.198.